The molecule has 0 unspecified atom stereocenters. The Kier molecular flexibility index (Phi) is 12.0. The lowest BCUT2D eigenvalue weighted by atomic mass is 9.81. The lowest BCUT2D eigenvalue weighted by molar-refractivity contribution is -0.164. The van der Waals surface area contributed by atoms with Gasteiger partial charge in [0.25, 0.3) is 0 Å². The molecule has 0 radical (unpaired) electrons. The molecule has 1 aliphatic rings. The summed E-state index contributed by atoms with van der Waals surface area (Å²) in [5.74, 6) is -2.18. The summed E-state index contributed by atoms with van der Waals surface area (Å²) >= 11 is 0. The number of carbonyl (C=O) groups excluding carboxylic acids is 4. The van der Waals surface area contributed by atoms with Gasteiger partial charge in [-0.15, -0.1) is 0 Å². The van der Waals surface area contributed by atoms with Crippen LogP contribution in [-0.4, -0.2) is 65.6 Å². The number of cyclic esters (lactones) is 1. The van der Waals surface area contributed by atoms with Crippen molar-refractivity contribution in [1.29, 1.82) is 0 Å². The lowest BCUT2D eigenvalue weighted by Crippen LogP contribution is -2.49. The highest BCUT2D eigenvalue weighted by Crippen LogP contribution is 2.29. The molecule has 0 saturated carbocycles. The van der Waals surface area contributed by atoms with Crippen molar-refractivity contribution in [1.82, 2.24) is 15.2 Å². The fraction of sp³-hybridized carbons (Fsp3) is 0.679. The number of anilines is 1. The van der Waals surface area contributed by atoms with Crippen LogP contribution in [0.2, 0.25) is 0 Å². The SMILES string of the molecule is CC(C)C[C@H]1C(=O)N[C@H](C(=O)Nc2ccccn2)CCCCN(C)C(=O)OCCC[C@@H]1C(=O)OC(C)(C)C. The summed E-state index contributed by atoms with van der Waals surface area (Å²) in [5.41, 5.74) is -0.729. The van der Waals surface area contributed by atoms with E-state index < -0.39 is 35.5 Å². The number of aromatic nitrogens is 1. The van der Waals surface area contributed by atoms with E-state index in [1.807, 2.05) is 13.8 Å². The van der Waals surface area contributed by atoms with E-state index in [0.717, 1.165) is 0 Å². The second-order valence-electron chi connectivity index (χ2n) is 11.3. The predicted molar refractivity (Wildman–Crippen MR) is 144 cm³/mol. The van der Waals surface area contributed by atoms with E-state index in [1.54, 1.807) is 52.2 Å². The van der Waals surface area contributed by atoms with E-state index in [2.05, 4.69) is 15.6 Å². The van der Waals surface area contributed by atoms with Gasteiger partial charge in [-0.25, -0.2) is 9.78 Å². The topological polar surface area (TPSA) is 127 Å². The minimum Gasteiger partial charge on any atom is -0.460 e. The fourth-order valence-electron chi connectivity index (χ4n) is 4.38. The average molecular weight is 533 g/mol. The summed E-state index contributed by atoms with van der Waals surface area (Å²) < 4.78 is 11.1. The molecule has 3 amide bonds. The molecular formula is C28H44N4O6. The molecule has 0 aliphatic carbocycles. The third-order valence-corrected chi connectivity index (χ3v) is 6.24. The molecule has 38 heavy (non-hydrogen) atoms. The number of esters is 1. The van der Waals surface area contributed by atoms with E-state index in [1.165, 1.54) is 4.90 Å². The Hall–Kier alpha value is -3.17. The number of hydrogen-bond donors (Lipinski definition) is 2. The molecule has 2 rings (SSSR count). The fourth-order valence-corrected chi connectivity index (χ4v) is 4.38. The minimum absolute atomic E-state index is 0.116. The first-order valence-corrected chi connectivity index (χ1v) is 13.5. The first-order valence-electron chi connectivity index (χ1n) is 13.5. The van der Waals surface area contributed by atoms with Crippen LogP contribution in [-0.2, 0) is 23.9 Å². The van der Waals surface area contributed by atoms with Gasteiger partial charge in [0, 0.05) is 19.8 Å². The van der Waals surface area contributed by atoms with Gasteiger partial charge in [0.15, 0.2) is 0 Å². The summed E-state index contributed by atoms with van der Waals surface area (Å²) in [6.07, 6.45) is 3.85. The summed E-state index contributed by atoms with van der Waals surface area (Å²) in [4.78, 5) is 58.3. The van der Waals surface area contributed by atoms with Crippen LogP contribution >= 0.6 is 0 Å². The van der Waals surface area contributed by atoms with Gasteiger partial charge in [-0.2, -0.15) is 0 Å². The maximum Gasteiger partial charge on any atom is 0.409 e. The Morgan fingerprint density at radius 2 is 1.92 bits per heavy atom. The monoisotopic (exact) mass is 532 g/mol. The molecule has 0 bridgehead atoms. The molecule has 10 nitrogen and oxygen atoms in total. The molecule has 1 aromatic rings. The van der Waals surface area contributed by atoms with Crippen LogP contribution in [0.5, 0.6) is 0 Å². The second kappa shape index (κ2) is 14.7. The van der Waals surface area contributed by atoms with Crippen molar-refractivity contribution >= 4 is 29.7 Å². The Morgan fingerprint density at radius 1 is 1.18 bits per heavy atom. The molecule has 3 atom stereocenters. The Balaban J connectivity index is 2.37. The first-order chi connectivity index (χ1) is 17.9. The highest BCUT2D eigenvalue weighted by Gasteiger charge is 2.38. The quantitative estimate of drug-likeness (QED) is 0.545. The van der Waals surface area contributed by atoms with E-state index in [9.17, 15) is 19.2 Å². The van der Waals surface area contributed by atoms with Crippen LogP contribution in [0.4, 0.5) is 10.6 Å². The number of ether oxygens (including phenoxy) is 2. The number of pyridine rings is 1. The van der Waals surface area contributed by atoms with Gasteiger partial charge in [0.2, 0.25) is 11.8 Å². The zero-order valence-corrected chi connectivity index (χ0v) is 23.6. The standard InChI is InChI=1S/C28H44N4O6/c1-19(2)18-21-20(26(35)38-28(3,4)5)12-11-17-37-27(36)32(6)16-10-8-13-22(30-24(21)33)25(34)31-23-14-7-9-15-29-23/h7,9,14-15,19-22H,8,10-13,16-18H2,1-6H3,(H,30,33)(H,29,31,34)/t20-,21+,22-/m0/s1. The number of carbonyl (C=O) groups is 4. The molecular weight excluding hydrogens is 488 g/mol. The number of nitrogens with zero attached hydrogens (tertiary/aromatic N) is 2. The van der Waals surface area contributed by atoms with Crippen LogP contribution in [0.1, 0.15) is 73.1 Å². The first kappa shape index (κ1) is 31.1. The second-order valence-corrected chi connectivity index (χ2v) is 11.3. The molecule has 1 aliphatic heterocycles. The van der Waals surface area contributed by atoms with Gasteiger partial charge in [0.1, 0.15) is 17.5 Å². The molecule has 0 spiro atoms. The molecule has 212 valence electrons. The average Bonchev–Trinajstić information content (AvgIpc) is 2.83. The predicted octanol–water partition coefficient (Wildman–Crippen LogP) is 4.16. The molecule has 1 aromatic heterocycles. The number of nitrogens with one attached hydrogen (secondary N) is 2. The van der Waals surface area contributed by atoms with Crippen molar-refractivity contribution in [3.8, 4) is 0 Å². The molecule has 2 heterocycles. The third kappa shape index (κ3) is 10.7. The minimum atomic E-state index is -0.833. The van der Waals surface area contributed by atoms with Gasteiger partial charge in [-0.05, 0) is 77.3 Å². The van der Waals surface area contributed by atoms with Crippen molar-refractivity contribution in [3.05, 3.63) is 24.4 Å². The van der Waals surface area contributed by atoms with Gasteiger partial charge in [-0.3, -0.25) is 14.4 Å². The highest BCUT2D eigenvalue weighted by atomic mass is 16.6. The number of amides is 3. The van der Waals surface area contributed by atoms with Gasteiger partial charge < -0.3 is 25.0 Å². The van der Waals surface area contributed by atoms with Crippen LogP contribution in [0.15, 0.2) is 24.4 Å². The lowest BCUT2D eigenvalue weighted by Gasteiger charge is -2.30. The normalized spacial score (nSPS) is 22.5. The van der Waals surface area contributed by atoms with Crippen LogP contribution in [0.25, 0.3) is 0 Å². The van der Waals surface area contributed by atoms with Crippen molar-refractivity contribution in [2.75, 3.05) is 25.5 Å². The largest absolute Gasteiger partial charge is 0.460 e. The summed E-state index contributed by atoms with van der Waals surface area (Å²) in [6.45, 7) is 9.90. The Labute approximate surface area is 226 Å². The van der Waals surface area contributed by atoms with Gasteiger partial charge in [0.05, 0.1) is 18.4 Å². The zero-order valence-electron chi connectivity index (χ0n) is 23.6. The van der Waals surface area contributed by atoms with Crippen LogP contribution < -0.4 is 10.6 Å². The van der Waals surface area contributed by atoms with Crippen LogP contribution in [0.3, 0.4) is 0 Å². The third-order valence-electron chi connectivity index (χ3n) is 6.24. The Bertz CT molecular complexity index is 931. The molecule has 10 heteroatoms. The maximum atomic E-state index is 13.7. The molecule has 1 fully saturated rings. The molecule has 2 N–H and O–H groups in total. The number of hydrogen-bond acceptors (Lipinski definition) is 7. The van der Waals surface area contributed by atoms with Crippen molar-refractivity contribution in [2.45, 2.75) is 84.8 Å². The summed E-state index contributed by atoms with van der Waals surface area (Å²) in [7, 11) is 1.66. The van der Waals surface area contributed by atoms with Crippen molar-refractivity contribution in [3.63, 3.8) is 0 Å². The van der Waals surface area contributed by atoms with Crippen molar-refractivity contribution in [2.24, 2.45) is 17.8 Å². The molecule has 0 aromatic carbocycles. The molecule has 1 saturated heterocycles. The highest BCUT2D eigenvalue weighted by molar-refractivity contribution is 5.97. The zero-order chi connectivity index (χ0) is 28.3. The number of rotatable bonds is 5. The Morgan fingerprint density at radius 3 is 2.55 bits per heavy atom. The maximum absolute atomic E-state index is 13.7. The van der Waals surface area contributed by atoms with Crippen molar-refractivity contribution < 1.29 is 28.7 Å². The van der Waals surface area contributed by atoms with Gasteiger partial charge >= 0.3 is 12.1 Å². The van der Waals surface area contributed by atoms with E-state index in [-0.39, 0.29) is 24.3 Å². The van der Waals surface area contributed by atoms with E-state index in [4.69, 9.17) is 9.47 Å². The summed E-state index contributed by atoms with van der Waals surface area (Å²) in [6, 6.07) is 4.35. The van der Waals surface area contributed by atoms with E-state index in [0.29, 0.717) is 50.9 Å². The van der Waals surface area contributed by atoms with Gasteiger partial charge in [-0.1, -0.05) is 19.9 Å². The smallest absolute Gasteiger partial charge is 0.409 e. The van der Waals surface area contributed by atoms with E-state index >= 15 is 0 Å². The summed E-state index contributed by atoms with van der Waals surface area (Å²) in [5, 5.41) is 5.70. The van der Waals surface area contributed by atoms with Crippen LogP contribution in [0, 0.1) is 17.8 Å².